The highest BCUT2D eigenvalue weighted by molar-refractivity contribution is 4.81. The number of hydrogen-bond acceptors (Lipinski definition) is 1. The Kier molecular flexibility index (Phi) is 10.9. The van der Waals surface area contributed by atoms with Crippen molar-refractivity contribution in [3.63, 3.8) is 0 Å². The van der Waals surface area contributed by atoms with Crippen LogP contribution in [-0.4, -0.2) is 11.7 Å². The molecule has 0 rings (SSSR count). The van der Waals surface area contributed by atoms with Crippen LogP contribution >= 0.6 is 0 Å². The van der Waals surface area contributed by atoms with Crippen molar-refractivity contribution < 1.29 is 9.22 Å². The number of aliphatic hydroxyl groups excluding tert-OH is 1. The SMILES string of the molecule is [2H][C@@H](O)CCCCCCCCC([2H])([2H])/C=C/CCCC. The largest absolute Gasteiger partial charge is 0.396 e. The van der Waals surface area contributed by atoms with E-state index >= 15 is 0 Å². The molecule has 0 aromatic rings. The first-order valence-corrected chi connectivity index (χ1v) is 7.26. The second-order valence-corrected chi connectivity index (χ2v) is 4.59. The molecule has 17 heavy (non-hydrogen) atoms. The molecule has 0 radical (unpaired) electrons. The number of unbranched alkanes of at least 4 members (excludes halogenated alkanes) is 7. The summed E-state index contributed by atoms with van der Waals surface area (Å²) < 4.78 is 22.8. The minimum Gasteiger partial charge on any atom is -0.396 e. The third kappa shape index (κ3) is 15.7. The molecular weight excluding hydrogens is 208 g/mol. The van der Waals surface area contributed by atoms with Gasteiger partial charge in [-0.15, -0.1) is 0 Å². The highest BCUT2D eigenvalue weighted by atomic mass is 16.2. The van der Waals surface area contributed by atoms with E-state index in [2.05, 4.69) is 6.92 Å². The Morgan fingerprint density at radius 1 is 0.824 bits per heavy atom. The van der Waals surface area contributed by atoms with Crippen molar-refractivity contribution in [1.29, 1.82) is 0 Å². The van der Waals surface area contributed by atoms with E-state index in [-0.39, 0.29) is 0 Å². The van der Waals surface area contributed by atoms with Crippen molar-refractivity contribution in [3.05, 3.63) is 12.2 Å². The highest BCUT2D eigenvalue weighted by Crippen LogP contribution is 2.10. The Morgan fingerprint density at radius 2 is 1.41 bits per heavy atom. The van der Waals surface area contributed by atoms with E-state index in [9.17, 15) is 0 Å². The minimum absolute atomic E-state index is 0.575. The summed E-state index contributed by atoms with van der Waals surface area (Å²) >= 11 is 0. The van der Waals surface area contributed by atoms with Crippen molar-refractivity contribution in [2.75, 3.05) is 6.58 Å². The van der Waals surface area contributed by atoms with E-state index in [1.807, 2.05) is 6.08 Å². The topological polar surface area (TPSA) is 20.2 Å². The molecule has 0 aliphatic heterocycles. The van der Waals surface area contributed by atoms with Crippen LogP contribution in [0.1, 0.15) is 88.0 Å². The van der Waals surface area contributed by atoms with Gasteiger partial charge in [-0.1, -0.05) is 70.4 Å². The molecule has 0 amide bonds. The molecule has 1 atom stereocenters. The fraction of sp³-hybridized carbons (Fsp3) is 0.875. The number of rotatable bonds is 13. The van der Waals surface area contributed by atoms with Crippen LogP contribution in [0.4, 0.5) is 0 Å². The molecule has 0 unspecified atom stereocenters. The highest BCUT2D eigenvalue weighted by Gasteiger charge is 1.91. The van der Waals surface area contributed by atoms with Gasteiger partial charge in [0.15, 0.2) is 0 Å². The summed E-state index contributed by atoms with van der Waals surface area (Å²) in [5.74, 6) is 0. The van der Waals surface area contributed by atoms with Gasteiger partial charge in [0.05, 0.1) is 1.37 Å². The molecule has 102 valence electrons. The molecule has 1 heteroatoms. The fourth-order valence-electron chi connectivity index (χ4n) is 1.74. The smallest absolute Gasteiger partial charge is 0.0564 e. The normalized spacial score (nSPS) is 16.7. The van der Waals surface area contributed by atoms with Crippen LogP contribution < -0.4 is 0 Å². The van der Waals surface area contributed by atoms with Gasteiger partial charge in [0.2, 0.25) is 0 Å². The Labute approximate surface area is 113 Å². The molecule has 0 aliphatic rings. The lowest BCUT2D eigenvalue weighted by Gasteiger charge is -2.00. The molecule has 0 saturated heterocycles. The van der Waals surface area contributed by atoms with Crippen LogP contribution in [-0.2, 0) is 0 Å². The third-order valence-corrected chi connectivity index (χ3v) is 2.86. The fourth-order valence-corrected chi connectivity index (χ4v) is 1.74. The molecule has 1 nitrogen and oxygen atoms in total. The predicted octanol–water partition coefficient (Wildman–Crippen LogP) is 5.24. The maximum Gasteiger partial charge on any atom is 0.0564 e. The zero-order valence-electron chi connectivity index (χ0n) is 14.5. The number of hydrogen-bond donors (Lipinski definition) is 1. The van der Waals surface area contributed by atoms with Gasteiger partial charge in [0, 0.05) is 9.32 Å². The van der Waals surface area contributed by atoms with Crippen LogP contribution in [0.5, 0.6) is 0 Å². The quantitative estimate of drug-likeness (QED) is 0.346. The molecule has 1 N–H and O–H groups in total. The van der Waals surface area contributed by atoms with Gasteiger partial charge in [-0.05, 0) is 25.6 Å². The Morgan fingerprint density at radius 3 is 2.00 bits per heavy atom. The van der Waals surface area contributed by atoms with E-state index < -0.39 is 13.0 Å². The average molecular weight is 243 g/mol. The Bertz CT molecular complexity index is 240. The Hall–Kier alpha value is -0.300. The van der Waals surface area contributed by atoms with Gasteiger partial charge in [-0.3, -0.25) is 0 Å². The standard InChI is InChI=1S/C16H32O/c1-2-3-4-5-6-7-8-9-10-11-12-13-14-15-16-17/h5-6,17H,2-4,7-16H2,1H3/b6-5+/i7D2,16D/t16-/m1/s1. The van der Waals surface area contributed by atoms with Crippen LogP contribution in [0, 0.1) is 0 Å². The van der Waals surface area contributed by atoms with Crippen molar-refractivity contribution >= 4 is 0 Å². The third-order valence-electron chi connectivity index (χ3n) is 2.86. The van der Waals surface area contributed by atoms with Crippen LogP contribution in [0.15, 0.2) is 12.2 Å². The zero-order valence-corrected chi connectivity index (χ0v) is 11.5. The van der Waals surface area contributed by atoms with Crippen molar-refractivity contribution in [1.82, 2.24) is 0 Å². The molecular formula is C16H32O. The molecule has 0 aromatic carbocycles. The van der Waals surface area contributed by atoms with Gasteiger partial charge in [-0.25, -0.2) is 0 Å². The number of allylic oxidation sites excluding steroid dienone is 2. The number of aliphatic hydroxyl groups is 1. The summed E-state index contributed by atoms with van der Waals surface area (Å²) in [5, 5.41) is 8.81. The second-order valence-electron chi connectivity index (χ2n) is 4.59. The van der Waals surface area contributed by atoms with Crippen molar-refractivity contribution in [2.24, 2.45) is 0 Å². The summed E-state index contributed by atoms with van der Waals surface area (Å²) in [7, 11) is 0. The molecule has 0 aromatic heterocycles. The molecule has 0 saturated carbocycles. The summed E-state index contributed by atoms with van der Waals surface area (Å²) in [6.07, 6.45) is 13.3. The molecule has 0 bridgehead atoms. The zero-order chi connectivity index (χ0) is 15.3. The van der Waals surface area contributed by atoms with Crippen LogP contribution in [0.25, 0.3) is 0 Å². The van der Waals surface area contributed by atoms with Crippen molar-refractivity contribution in [2.45, 2.75) is 83.9 Å². The van der Waals surface area contributed by atoms with Gasteiger partial charge < -0.3 is 5.11 Å². The van der Waals surface area contributed by atoms with Gasteiger partial charge in [0.25, 0.3) is 0 Å². The lowest BCUT2D eigenvalue weighted by atomic mass is 10.1. The minimum atomic E-state index is -1.15. The van der Waals surface area contributed by atoms with E-state index in [0.29, 0.717) is 12.8 Å². The molecule has 0 fully saturated rings. The maximum absolute atomic E-state index is 8.81. The van der Waals surface area contributed by atoms with Crippen LogP contribution in [0.2, 0.25) is 0 Å². The van der Waals surface area contributed by atoms with E-state index in [0.717, 1.165) is 57.8 Å². The van der Waals surface area contributed by atoms with E-state index in [1.54, 1.807) is 6.08 Å². The van der Waals surface area contributed by atoms with Gasteiger partial charge in [0.1, 0.15) is 0 Å². The summed E-state index contributed by atoms with van der Waals surface area (Å²) in [6, 6.07) is 0. The lowest BCUT2D eigenvalue weighted by molar-refractivity contribution is 0.282. The summed E-state index contributed by atoms with van der Waals surface area (Å²) in [4.78, 5) is 0. The van der Waals surface area contributed by atoms with Crippen molar-refractivity contribution in [3.8, 4) is 0 Å². The first-order chi connectivity index (χ1) is 9.48. The summed E-state index contributed by atoms with van der Waals surface area (Å²) in [5.41, 5.74) is 0. The molecule has 0 spiro atoms. The van der Waals surface area contributed by atoms with Crippen LogP contribution in [0.3, 0.4) is 0 Å². The monoisotopic (exact) mass is 243 g/mol. The van der Waals surface area contributed by atoms with E-state index in [1.165, 1.54) is 0 Å². The molecule has 0 aliphatic carbocycles. The first-order valence-electron chi connectivity index (χ1n) is 8.83. The maximum atomic E-state index is 8.81. The van der Waals surface area contributed by atoms with Gasteiger partial charge in [-0.2, -0.15) is 0 Å². The van der Waals surface area contributed by atoms with E-state index in [4.69, 9.17) is 9.22 Å². The second kappa shape index (κ2) is 15.7. The first kappa shape index (κ1) is 11.8. The average Bonchev–Trinajstić information content (AvgIpc) is 2.37. The Balaban J connectivity index is 3.46. The lowest BCUT2D eigenvalue weighted by Crippen LogP contribution is -1.84. The van der Waals surface area contributed by atoms with Gasteiger partial charge >= 0.3 is 0 Å². The molecule has 0 heterocycles. The predicted molar refractivity (Wildman–Crippen MR) is 77.3 cm³/mol. The summed E-state index contributed by atoms with van der Waals surface area (Å²) in [6.45, 7) is 1.23.